The molecule has 4 N–H and O–H groups in total. The third-order valence-electron chi connectivity index (χ3n) is 6.59. The van der Waals surface area contributed by atoms with Gasteiger partial charge in [-0.1, -0.05) is 66.7 Å². The fraction of sp³-hybridized carbons (Fsp3) is 0.0714. The Balaban J connectivity index is 1.24. The molecule has 0 aliphatic carbocycles. The first kappa shape index (κ1) is 17.5. The van der Waals surface area contributed by atoms with Gasteiger partial charge < -0.3 is 21.3 Å². The minimum atomic E-state index is 0.00904. The molecular formula is C28H22N4. The van der Waals surface area contributed by atoms with E-state index in [1.165, 1.54) is 55.4 Å². The highest BCUT2D eigenvalue weighted by Gasteiger charge is 2.23. The van der Waals surface area contributed by atoms with Crippen LogP contribution in [-0.4, -0.2) is 0 Å². The largest absolute Gasteiger partial charge is 0.361 e. The van der Waals surface area contributed by atoms with Crippen molar-refractivity contribution in [3.05, 3.63) is 108 Å². The second-order valence-corrected chi connectivity index (χ2v) is 8.53. The van der Waals surface area contributed by atoms with E-state index in [9.17, 15) is 0 Å². The van der Waals surface area contributed by atoms with Crippen molar-refractivity contribution in [3.63, 3.8) is 0 Å². The van der Waals surface area contributed by atoms with Crippen LogP contribution in [0.4, 0.5) is 22.7 Å². The first-order valence-corrected chi connectivity index (χ1v) is 11.0. The highest BCUT2D eigenvalue weighted by Crippen LogP contribution is 2.40. The first-order chi connectivity index (χ1) is 15.8. The quantitative estimate of drug-likeness (QED) is 0.250. The van der Waals surface area contributed by atoms with E-state index in [4.69, 9.17) is 0 Å². The number of hydrogen-bond donors (Lipinski definition) is 4. The highest BCUT2D eigenvalue weighted by atomic mass is 15.2. The summed E-state index contributed by atoms with van der Waals surface area (Å²) < 4.78 is 0. The molecule has 0 saturated carbocycles. The van der Waals surface area contributed by atoms with E-state index >= 15 is 0 Å². The van der Waals surface area contributed by atoms with Crippen molar-refractivity contribution in [2.24, 2.45) is 0 Å². The zero-order chi connectivity index (χ0) is 21.1. The van der Waals surface area contributed by atoms with Crippen LogP contribution in [0.25, 0.3) is 21.5 Å². The van der Waals surface area contributed by atoms with Gasteiger partial charge in [0.25, 0.3) is 0 Å². The molecule has 0 amide bonds. The molecule has 2 aliphatic rings. The van der Waals surface area contributed by atoms with Crippen molar-refractivity contribution < 1.29 is 0 Å². The molecule has 0 bridgehead atoms. The molecule has 5 aromatic rings. The van der Waals surface area contributed by atoms with E-state index in [1.807, 2.05) is 0 Å². The van der Waals surface area contributed by atoms with Crippen molar-refractivity contribution in [1.82, 2.24) is 0 Å². The maximum absolute atomic E-state index is 3.69. The summed E-state index contributed by atoms with van der Waals surface area (Å²) >= 11 is 0. The summed E-state index contributed by atoms with van der Waals surface area (Å²) in [4.78, 5) is 0. The van der Waals surface area contributed by atoms with E-state index in [2.05, 4.69) is 118 Å². The molecule has 0 atom stereocenters. The smallest absolute Gasteiger partial charge is 0.123 e. The number of rotatable bonds is 2. The molecule has 4 nitrogen and oxygen atoms in total. The van der Waals surface area contributed by atoms with Gasteiger partial charge >= 0.3 is 0 Å². The Kier molecular flexibility index (Phi) is 3.64. The van der Waals surface area contributed by atoms with Crippen molar-refractivity contribution in [1.29, 1.82) is 0 Å². The topological polar surface area (TPSA) is 48.1 Å². The van der Waals surface area contributed by atoms with Gasteiger partial charge in [-0.2, -0.15) is 0 Å². The number of hydrogen-bond acceptors (Lipinski definition) is 4. The Morgan fingerprint density at radius 3 is 1.12 bits per heavy atom. The maximum atomic E-state index is 3.69. The van der Waals surface area contributed by atoms with Gasteiger partial charge in [0, 0.05) is 33.5 Å². The summed E-state index contributed by atoms with van der Waals surface area (Å²) in [5, 5.41) is 19.7. The van der Waals surface area contributed by atoms with Crippen LogP contribution in [0.5, 0.6) is 0 Å². The van der Waals surface area contributed by atoms with E-state index in [0.717, 1.165) is 0 Å². The van der Waals surface area contributed by atoms with Crippen molar-refractivity contribution >= 4 is 44.3 Å². The average Bonchev–Trinajstić information content (AvgIpc) is 2.85. The van der Waals surface area contributed by atoms with Crippen LogP contribution in [0, 0.1) is 0 Å². The lowest BCUT2D eigenvalue weighted by Gasteiger charge is -2.32. The molecule has 5 aromatic carbocycles. The Hall–Kier alpha value is -4.18. The summed E-state index contributed by atoms with van der Waals surface area (Å²) in [5.74, 6) is 0. The molecule has 7 rings (SSSR count). The van der Waals surface area contributed by atoms with Gasteiger partial charge in [-0.25, -0.2) is 0 Å². The molecular weight excluding hydrogens is 392 g/mol. The molecule has 0 radical (unpaired) electrons. The van der Waals surface area contributed by atoms with Gasteiger partial charge in [0.2, 0.25) is 0 Å². The minimum absolute atomic E-state index is 0.00904. The van der Waals surface area contributed by atoms with E-state index < -0.39 is 0 Å². The van der Waals surface area contributed by atoms with Crippen LogP contribution in [0.15, 0.2) is 97.1 Å². The van der Waals surface area contributed by atoms with Crippen LogP contribution < -0.4 is 21.3 Å². The van der Waals surface area contributed by atoms with Crippen molar-refractivity contribution in [2.75, 3.05) is 21.3 Å². The molecule has 0 spiro atoms. The zero-order valence-electron chi connectivity index (χ0n) is 17.4. The van der Waals surface area contributed by atoms with E-state index in [0.29, 0.717) is 0 Å². The van der Waals surface area contributed by atoms with E-state index in [1.54, 1.807) is 0 Å². The van der Waals surface area contributed by atoms with Gasteiger partial charge in [-0.15, -0.1) is 0 Å². The lowest BCUT2D eigenvalue weighted by molar-refractivity contribution is 0.864. The molecule has 0 aromatic heterocycles. The lowest BCUT2D eigenvalue weighted by Crippen LogP contribution is -2.26. The molecule has 2 heterocycles. The molecule has 154 valence electrons. The molecule has 0 fully saturated rings. The SMILES string of the molecule is c1cc(C2Nc3cccc4cccc(c34)N2)cc(C2Nc3cccc4cccc(c34)N2)c1. The standard InChI is InChI=1S/C28H22N4/c1-10-19(27-29-21-12-2-6-17-7-3-13-22(30-27)25(17)21)16-20(11-1)28-31-23-14-4-8-18-9-5-15-24(32-28)26(18)23/h1-16,27-32H. The van der Waals surface area contributed by atoms with Gasteiger partial charge in [-0.3, -0.25) is 0 Å². The van der Waals surface area contributed by atoms with Crippen LogP contribution in [0.2, 0.25) is 0 Å². The average molecular weight is 415 g/mol. The van der Waals surface area contributed by atoms with Crippen molar-refractivity contribution in [3.8, 4) is 0 Å². The molecule has 4 heteroatoms. The third-order valence-corrected chi connectivity index (χ3v) is 6.59. The lowest BCUT2D eigenvalue weighted by atomic mass is 9.99. The summed E-state index contributed by atoms with van der Waals surface area (Å²) in [6, 6.07) is 34.5. The fourth-order valence-electron chi connectivity index (χ4n) is 5.11. The molecule has 0 unspecified atom stereocenters. The summed E-state index contributed by atoms with van der Waals surface area (Å²) in [7, 11) is 0. The Labute approximate surface area is 186 Å². The van der Waals surface area contributed by atoms with Crippen LogP contribution in [0.1, 0.15) is 23.5 Å². The van der Waals surface area contributed by atoms with Gasteiger partial charge in [0.15, 0.2) is 0 Å². The zero-order valence-corrected chi connectivity index (χ0v) is 17.4. The summed E-state index contributed by atoms with van der Waals surface area (Å²) in [6.07, 6.45) is 0.0181. The maximum Gasteiger partial charge on any atom is 0.123 e. The predicted octanol–water partition coefficient (Wildman–Crippen LogP) is 7.07. The Morgan fingerprint density at radius 1 is 0.406 bits per heavy atom. The van der Waals surface area contributed by atoms with Crippen LogP contribution in [0.3, 0.4) is 0 Å². The fourth-order valence-corrected chi connectivity index (χ4v) is 5.11. The monoisotopic (exact) mass is 414 g/mol. The summed E-state index contributed by atoms with van der Waals surface area (Å²) in [5.41, 5.74) is 7.08. The first-order valence-electron chi connectivity index (χ1n) is 11.0. The van der Waals surface area contributed by atoms with Gasteiger partial charge in [0.05, 0.1) is 0 Å². The van der Waals surface area contributed by atoms with Gasteiger partial charge in [-0.05, 0) is 52.2 Å². The number of anilines is 4. The minimum Gasteiger partial charge on any atom is -0.361 e. The highest BCUT2D eigenvalue weighted by molar-refractivity contribution is 6.05. The predicted molar refractivity (Wildman–Crippen MR) is 134 cm³/mol. The molecule has 0 saturated heterocycles. The molecule has 32 heavy (non-hydrogen) atoms. The third kappa shape index (κ3) is 2.63. The molecule has 2 aliphatic heterocycles. The normalized spacial score (nSPS) is 15.0. The van der Waals surface area contributed by atoms with Crippen LogP contribution in [-0.2, 0) is 0 Å². The summed E-state index contributed by atoms with van der Waals surface area (Å²) in [6.45, 7) is 0. The second kappa shape index (κ2) is 6.66. The Morgan fingerprint density at radius 2 is 0.750 bits per heavy atom. The number of benzene rings is 5. The van der Waals surface area contributed by atoms with Crippen molar-refractivity contribution in [2.45, 2.75) is 12.3 Å². The van der Waals surface area contributed by atoms with Gasteiger partial charge in [0.1, 0.15) is 12.3 Å². The van der Waals surface area contributed by atoms with Crippen LogP contribution >= 0.6 is 0 Å². The number of nitrogens with one attached hydrogen (secondary N) is 4. The van der Waals surface area contributed by atoms with E-state index in [-0.39, 0.29) is 12.3 Å². The second-order valence-electron chi connectivity index (χ2n) is 8.53. The Bertz CT molecular complexity index is 1310.